The van der Waals surface area contributed by atoms with Gasteiger partial charge in [0.15, 0.2) is 0 Å². The largest absolute Gasteiger partial charge is 0.322 e. The van der Waals surface area contributed by atoms with Crippen molar-refractivity contribution >= 4 is 0 Å². The Kier molecular flexibility index (Phi) is 4.06. The second-order valence-corrected chi connectivity index (χ2v) is 4.38. The van der Waals surface area contributed by atoms with Gasteiger partial charge in [-0.3, -0.25) is 0 Å². The van der Waals surface area contributed by atoms with E-state index in [1.165, 1.54) is 0 Å². The smallest absolute Gasteiger partial charge is 0.130 e. The lowest BCUT2D eigenvalue weighted by molar-refractivity contribution is 0.492. The van der Waals surface area contributed by atoms with Crippen molar-refractivity contribution in [1.82, 2.24) is 0 Å². The molecule has 0 aromatic heterocycles. The first-order valence-corrected chi connectivity index (χ1v) is 5.81. The standard InChI is InChI=1S/C14H12F4N2/c15-7-1-3-9(11(17)5-7)13(19)14(20)10-4-2-8(16)6-12(10)18/h1-6,13-14H,19-20H2/t13-,14+. The zero-order valence-corrected chi connectivity index (χ0v) is 10.3. The molecule has 20 heavy (non-hydrogen) atoms. The Bertz CT molecular complexity index is 575. The van der Waals surface area contributed by atoms with Crippen LogP contribution in [0.4, 0.5) is 17.6 Å². The fourth-order valence-electron chi connectivity index (χ4n) is 1.93. The van der Waals surface area contributed by atoms with Crippen LogP contribution in [0.3, 0.4) is 0 Å². The summed E-state index contributed by atoms with van der Waals surface area (Å²) in [5, 5.41) is 0. The molecule has 0 radical (unpaired) electrons. The average molecular weight is 284 g/mol. The number of nitrogens with two attached hydrogens (primary N) is 2. The summed E-state index contributed by atoms with van der Waals surface area (Å²) in [5.41, 5.74) is 11.5. The number of benzene rings is 2. The molecular formula is C14H12F4N2. The van der Waals surface area contributed by atoms with E-state index in [9.17, 15) is 17.6 Å². The highest BCUT2D eigenvalue weighted by Gasteiger charge is 2.23. The molecule has 0 fully saturated rings. The number of hydrogen-bond donors (Lipinski definition) is 2. The van der Waals surface area contributed by atoms with Crippen LogP contribution in [-0.2, 0) is 0 Å². The lowest BCUT2D eigenvalue weighted by Gasteiger charge is -2.21. The summed E-state index contributed by atoms with van der Waals surface area (Å²) >= 11 is 0. The van der Waals surface area contributed by atoms with E-state index in [4.69, 9.17) is 11.5 Å². The van der Waals surface area contributed by atoms with Crippen LogP contribution in [0.2, 0.25) is 0 Å². The maximum atomic E-state index is 13.6. The van der Waals surface area contributed by atoms with Crippen molar-refractivity contribution in [2.45, 2.75) is 12.1 Å². The summed E-state index contributed by atoms with van der Waals surface area (Å²) in [7, 11) is 0. The van der Waals surface area contributed by atoms with Crippen LogP contribution < -0.4 is 11.5 Å². The van der Waals surface area contributed by atoms with Gasteiger partial charge in [0.25, 0.3) is 0 Å². The molecule has 4 N–H and O–H groups in total. The van der Waals surface area contributed by atoms with Crippen molar-refractivity contribution in [3.8, 4) is 0 Å². The third-order valence-corrected chi connectivity index (χ3v) is 3.03. The first kappa shape index (κ1) is 14.5. The summed E-state index contributed by atoms with van der Waals surface area (Å²) in [4.78, 5) is 0. The lowest BCUT2D eigenvalue weighted by atomic mass is 9.94. The van der Waals surface area contributed by atoms with Gasteiger partial charge in [0.05, 0.1) is 12.1 Å². The molecule has 2 aromatic carbocycles. The van der Waals surface area contributed by atoms with E-state index in [1.807, 2.05) is 0 Å². The van der Waals surface area contributed by atoms with E-state index in [1.54, 1.807) is 0 Å². The van der Waals surface area contributed by atoms with Crippen LogP contribution in [0.15, 0.2) is 36.4 Å². The van der Waals surface area contributed by atoms with Crippen molar-refractivity contribution in [2.24, 2.45) is 11.5 Å². The molecule has 6 heteroatoms. The molecule has 0 spiro atoms. The Balaban J connectivity index is 2.34. The molecule has 0 aliphatic carbocycles. The van der Waals surface area contributed by atoms with Crippen molar-refractivity contribution in [2.75, 3.05) is 0 Å². The van der Waals surface area contributed by atoms with Crippen molar-refractivity contribution < 1.29 is 17.6 Å². The molecule has 0 bridgehead atoms. The molecule has 2 atom stereocenters. The van der Waals surface area contributed by atoms with Gasteiger partial charge in [-0.2, -0.15) is 0 Å². The molecular weight excluding hydrogens is 272 g/mol. The Hall–Kier alpha value is -1.92. The number of halogens is 4. The van der Waals surface area contributed by atoms with Gasteiger partial charge in [0, 0.05) is 23.3 Å². The minimum atomic E-state index is -1.09. The lowest BCUT2D eigenvalue weighted by Crippen LogP contribution is -2.28. The first-order chi connectivity index (χ1) is 9.40. The van der Waals surface area contributed by atoms with Gasteiger partial charge in [-0.05, 0) is 12.1 Å². The van der Waals surface area contributed by atoms with Crippen molar-refractivity contribution in [3.63, 3.8) is 0 Å². The molecule has 0 heterocycles. The van der Waals surface area contributed by atoms with Crippen LogP contribution >= 0.6 is 0 Å². The van der Waals surface area contributed by atoms with Gasteiger partial charge in [-0.1, -0.05) is 12.1 Å². The highest BCUT2D eigenvalue weighted by Crippen LogP contribution is 2.28. The van der Waals surface area contributed by atoms with Gasteiger partial charge in [-0.25, -0.2) is 17.6 Å². The maximum Gasteiger partial charge on any atom is 0.130 e. The van der Waals surface area contributed by atoms with Crippen LogP contribution in [0, 0.1) is 23.3 Å². The Labute approximate surface area is 113 Å². The van der Waals surface area contributed by atoms with E-state index in [2.05, 4.69) is 0 Å². The second-order valence-electron chi connectivity index (χ2n) is 4.38. The zero-order chi connectivity index (χ0) is 14.9. The van der Waals surface area contributed by atoms with Gasteiger partial charge < -0.3 is 11.5 Å². The Morgan fingerprint density at radius 1 is 0.650 bits per heavy atom. The molecule has 2 rings (SSSR count). The van der Waals surface area contributed by atoms with Gasteiger partial charge in [0.2, 0.25) is 0 Å². The minimum absolute atomic E-state index is 0.0392. The predicted octanol–water partition coefficient (Wildman–Crippen LogP) is 2.94. The molecule has 0 aliphatic heterocycles. The Morgan fingerprint density at radius 2 is 1.00 bits per heavy atom. The van der Waals surface area contributed by atoms with E-state index >= 15 is 0 Å². The maximum absolute atomic E-state index is 13.6. The third kappa shape index (κ3) is 2.81. The third-order valence-electron chi connectivity index (χ3n) is 3.03. The highest BCUT2D eigenvalue weighted by atomic mass is 19.1. The molecule has 106 valence electrons. The second kappa shape index (κ2) is 5.60. The van der Waals surface area contributed by atoms with Crippen LogP contribution in [0.25, 0.3) is 0 Å². The summed E-state index contributed by atoms with van der Waals surface area (Å²) in [5.74, 6) is -3.23. The SMILES string of the molecule is N[C@H](c1ccc(F)cc1F)[C@@H](N)c1ccc(F)cc1F. The van der Waals surface area contributed by atoms with Gasteiger partial charge >= 0.3 is 0 Å². The minimum Gasteiger partial charge on any atom is -0.322 e. The van der Waals surface area contributed by atoms with E-state index in [-0.39, 0.29) is 11.1 Å². The summed E-state index contributed by atoms with van der Waals surface area (Å²) < 4.78 is 52.9. The van der Waals surface area contributed by atoms with E-state index < -0.39 is 35.4 Å². The molecule has 0 saturated carbocycles. The fraction of sp³-hybridized carbons (Fsp3) is 0.143. The highest BCUT2D eigenvalue weighted by molar-refractivity contribution is 5.29. The Morgan fingerprint density at radius 3 is 1.30 bits per heavy atom. The van der Waals surface area contributed by atoms with Gasteiger partial charge in [0.1, 0.15) is 23.3 Å². The zero-order valence-electron chi connectivity index (χ0n) is 10.3. The van der Waals surface area contributed by atoms with Crippen molar-refractivity contribution in [1.29, 1.82) is 0 Å². The monoisotopic (exact) mass is 284 g/mol. The molecule has 2 aromatic rings. The molecule has 2 nitrogen and oxygen atoms in total. The predicted molar refractivity (Wildman–Crippen MR) is 66.6 cm³/mol. The molecule has 0 unspecified atom stereocenters. The van der Waals surface area contributed by atoms with Gasteiger partial charge in [-0.15, -0.1) is 0 Å². The molecule has 0 saturated heterocycles. The number of rotatable bonds is 3. The van der Waals surface area contributed by atoms with E-state index in [0.29, 0.717) is 12.1 Å². The van der Waals surface area contributed by atoms with Crippen molar-refractivity contribution in [3.05, 3.63) is 70.8 Å². The van der Waals surface area contributed by atoms with Crippen LogP contribution in [0.5, 0.6) is 0 Å². The van der Waals surface area contributed by atoms with E-state index in [0.717, 1.165) is 24.3 Å². The molecule has 0 aliphatic rings. The summed E-state index contributed by atoms with van der Waals surface area (Å²) in [6.45, 7) is 0. The topological polar surface area (TPSA) is 52.0 Å². The first-order valence-electron chi connectivity index (χ1n) is 5.81. The summed E-state index contributed by atoms with van der Waals surface area (Å²) in [6.07, 6.45) is 0. The van der Waals surface area contributed by atoms with Crippen LogP contribution in [-0.4, -0.2) is 0 Å². The molecule has 0 amide bonds. The quantitative estimate of drug-likeness (QED) is 0.851. The number of hydrogen-bond acceptors (Lipinski definition) is 2. The van der Waals surface area contributed by atoms with Crippen LogP contribution in [0.1, 0.15) is 23.2 Å². The fourth-order valence-corrected chi connectivity index (χ4v) is 1.93. The average Bonchev–Trinajstić information content (AvgIpc) is 2.37. The normalized spacial score (nSPS) is 14.1. The summed E-state index contributed by atoms with van der Waals surface area (Å²) in [6, 6.07) is 3.53.